The van der Waals surface area contributed by atoms with Crippen LogP contribution in [0.4, 0.5) is 0 Å². The van der Waals surface area contributed by atoms with Crippen molar-refractivity contribution in [2.24, 2.45) is 5.92 Å². The lowest BCUT2D eigenvalue weighted by molar-refractivity contribution is -0.145. The maximum Gasteiger partial charge on any atom is 0.249 e. The van der Waals surface area contributed by atoms with Crippen molar-refractivity contribution in [2.45, 2.75) is 83.8 Å². The summed E-state index contributed by atoms with van der Waals surface area (Å²) in [5, 5.41) is 2.53. The number of amides is 2. The Kier molecular flexibility index (Phi) is 21.1. The van der Waals surface area contributed by atoms with Crippen molar-refractivity contribution in [2.75, 3.05) is 106 Å². The molecule has 0 aromatic carbocycles. The molecule has 1 N–H and O–H groups in total. The molecule has 0 aromatic rings. The third kappa shape index (κ3) is 16.5. The first-order valence-corrected chi connectivity index (χ1v) is 16.8. The van der Waals surface area contributed by atoms with Gasteiger partial charge < -0.3 is 38.8 Å². The van der Waals surface area contributed by atoms with Crippen molar-refractivity contribution in [3.63, 3.8) is 0 Å². The van der Waals surface area contributed by atoms with E-state index in [4.69, 9.17) is 23.7 Å². The predicted octanol–water partition coefficient (Wildman–Crippen LogP) is 2.77. The zero-order chi connectivity index (χ0) is 31.1. The van der Waals surface area contributed by atoms with Crippen LogP contribution < -0.4 is 5.32 Å². The molecule has 0 saturated carbocycles. The molecule has 252 valence electrons. The van der Waals surface area contributed by atoms with E-state index in [9.17, 15) is 9.59 Å². The van der Waals surface area contributed by atoms with Crippen molar-refractivity contribution in [1.29, 1.82) is 0 Å². The van der Waals surface area contributed by atoms with E-state index < -0.39 is 0 Å². The second-order valence-electron chi connectivity index (χ2n) is 12.0. The van der Waals surface area contributed by atoms with Crippen LogP contribution in [-0.4, -0.2) is 145 Å². The summed E-state index contributed by atoms with van der Waals surface area (Å²) in [4.78, 5) is 31.3. The van der Waals surface area contributed by atoms with Crippen LogP contribution in [0.5, 0.6) is 0 Å². The number of ether oxygens (including phenoxy) is 5. The molecule has 11 heteroatoms. The number of carbonyl (C=O) groups is 2. The number of unbranched alkanes of at least 4 members (excludes halogenated alkanes) is 3. The molecule has 43 heavy (non-hydrogen) atoms. The first kappa shape index (κ1) is 37.8. The van der Waals surface area contributed by atoms with Crippen LogP contribution in [0.1, 0.15) is 71.6 Å². The van der Waals surface area contributed by atoms with E-state index >= 15 is 0 Å². The molecule has 0 radical (unpaired) electrons. The minimum absolute atomic E-state index is 0.0461. The lowest BCUT2D eigenvalue weighted by Gasteiger charge is -2.48. The van der Waals surface area contributed by atoms with Gasteiger partial charge in [-0.05, 0) is 76.9 Å². The molecule has 2 rings (SSSR count). The van der Waals surface area contributed by atoms with Gasteiger partial charge in [-0.15, -0.1) is 0 Å². The first-order valence-electron chi connectivity index (χ1n) is 16.8. The van der Waals surface area contributed by atoms with E-state index in [0.29, 0.717) is 51.6 Å². The number of likely N-dealkylation sites (N-methyl/N-ethyl adjacent to an activating group) is 2. The Labute approximate surface area is 261 Å². The molecular formula is C32H62N4O7. The Bertz CT molecular complexity index is 724. The fourth-order valence-corrected chi connectivity index (χ4v) is 5.70. The molecule has 2 fully saturated rings. The van der Waals surface area contributed by atoms with E-state index in [0.717, 1.165) is 84.3 Å². The number of nitrogens with one attached hydrogen (secondary N) is 1. The predicted molar refractivity (Wildman–Crippen MR) is 168 cm³/mol. The first-order chi connectivity index (χ1) is 21.0. The van der Waals surface area contributed by atoms with Gasteiger partial charge in [0.15, 0.2) is 0 Å². The summed E-state index contributed by atoms with van der Waals surface area (Å²) in [6.07, 6.45) is 10.3. The quantitative estimate of drug-likeness (QED) is 0.165. The number of rotatable bonds is 24. The Hall–Kier alpha value is -1.34. The highest BCUT2D eigenvalue weighted by Gasteiger charge is 2.36. The topological polar surface area (TPSA) is 102 Å². The largest absolute Gasteiger partial charge is 0.379 e. The van der Waals surface area contributed by atoms with Crippen LogP contribution in [0.2, 0.25) is 0 Å². The number of piperidine rings is 2. The summed E-state index contributed by atoms with van der Waals surface area (Å²) >= 11 is 0. The standard InChI is InChI=1S/C32H62N4O7/c1-5-6-17-39-19-20-41-22-24-43-27-32(38)34(4)31-25-28(2)10-16-36(31)29-11-14-35(15-12-29)13-8-7-9-18-40-21-23-42-26-30(37)33-3/h28-29,31H,5-27H2,1-4H3,(H,33,37)/t28-,31?/m1/s1. The monoisotopic (exact) mass is 614 g/mol. The average molecular weight is 615 g/mol. The number of hydrogen-bond donors (Lipinski definition) is 1. The van der Waals surface area contributed by atoms with Crippen molar-refractivity contribution < 1.29 is 33.3 Å². The van der Waals surface area contributed by atoms with Crippen LogP contribution in [0.25, 0.3) is 0 Å². The Morgan fingerprint density at radius 3 is 2.02 bits per heavy atom. The second kappa shape index (κ2) is 24.0. The highest BCUT2D eigenvalue weighted by molar-refractivity contribution is 5.77. The smallest absolute Gasteiger partial charge is 0.249 e. The number of hydrogen-bond acceptors (Lipinski definition) is 9. The van der Waals surface area contributed by atoms with E-state index in [1.54, 1.807) is 7.05 Å². The van der Waals surface area contributed by atoms with Crippen molar-refractivity contribution in [3.8, 4) is 0 Å². The summed E-state index contributed by atoms with van der Waals surface area (Å²) in [6.45, 7) is 13.6. The van der Waals surface area contributed by atoms with E-state index in [1.165, 1.54) is 12.8 Å². The SMILES string of the molecule is CCCCOCCOCCOCC(=O)N(C)C1C[C@H](C)CCN1C1CCN(CCCCCOCCOCC(=O)NC)CC1. The molecule has 2 aliphatic heterocycles. The maximum absolute atomic E-state index is 13.0. The lowest BCUT2D eigenvalue weighted by Crippen LogP contribution is -2.58. The zero-order valence-electron chi connectivity index (χ0n) is 27.7. The van der Waals surface area contributed by atoms with Crippen LogP contribution in [0.3, 0.4) is 0 Å². The van der Waals surface area contributed by atoms with Crippen molar-refractivity contribution >= 4 is 11.8 Å². The molecule has 2 saturated heterocycles. The minimum Gasteiger partial charge on any atom is -0.379 e. The van der Waals surface area contributed by atoms with Gasteiger partial charge in [0.25, 0.3) is 0 Å². The Balaban J connectivity index is 1.58. The lowest BCUT2D eigenvalue weighted by atomic mass is 9.91. The molecule has 0 aliphatic carbocycles. The van der Waals surface area contributed by atoms with Crippen LogP contribution in [0, 0.1) is 5.92 Å². The summed E-state index contributed by atoms with van der Waals surface area (Å²) in [5.74, 6) is 0.546. The fraction of sp³-hybridized carbons (Fsp3) is 0.938. The van der Waals surface area contributed by atoms with Gasteiger partial charge in [-0.25, -0.2) is 0 Å². The summed E-state index contributed by atoms with van der Waals surface area (Å²) in [5.41, 5.74) is 0. The molecule has 0 spiro atoms. The van der Waals surface area contributed by atoms with Gasteiger partial charge in [0.05, 0.1) is 45.8 Å². The molecule has 1 unspecified atom stereocenters. The maximum atomic E-state index is 13.0. The molecule has 11 nitrogen and oxygen atoms in total. The van der Waals surface area contributed by atoms with Crippen LogP contribution in [0.15, 0.2) is 0 Å². The van der Waals surface area contributed by atoms with Gasteiger partial charge in [0, 0.05) is 39.9 Å². The number of nitrogens with zero attached hydrogens (tertiary/aromatic N) is 3. The van der Waals surface area contributed by atoms with Gasteiger partial charge in [-0.1, -0.05) is 20.3 Å². The third-order valence-corrected chi connectivity index (χ3v) is 8.50. The van der Waals surface area contributed by atoms with Gasteiger partial charge >= 0.3 is 0 Å². The van der Waals surface area contributed by atoms with Crippen LogP contribution in [-0.2, 0) is 33.3 Å². The van der Waals surface area contributed by atoms with Gasteiger partial charge in [-0.3, -0.25) is 14.5 Å². The number of likely N-dealkylation sites (tertiary alicyclic amines) is 2. The average Bonchev–Trinajstić information content (AvgIpc) is 3.02. The van der Waals surface area contributed by atoms with Gasteiger partial charge in [0.2, 0.25) is 11.8 Å². The number of carbonyl (C=O) groups excluding carboxylic acids is 2. The normalized spacial score (nSPS) is 20.4. The van der Waals surface area contributed by atoms with Crippen molar-refractivity contribution in [1.82, 2.24) is 20.0 Å². The molecular weight excluding hydrogens is 552 g/mol. The summed E-state index contributed by atoms with van der Waals surface area (Å²) < 4.78 is 27.6. The molecule has 2 atom stereocenters. The zero-order valence-corrected chi connectivity index (χ0v) is 27.7. The highest BCUT2D eigenvalue weighted by Crippen LogP contribution is 2.30. The Morgan fingerprint density at radius 1 is 0.767 bits per heavy atom. The highest BCUT2D eigenvalue weighted by atomic mass is 16.5. The molecule has 2 heterocycles. The van der Waals surface area contributed by atoms with E-state index in [-0.39, 0.29) is 31.2 Å². The van der Waals surface area contributed by atoms with Crippen molar-refractivity contribution in [3.05, 3.63) is 0 Å². The molecule has 2 amide bonds. The van der Waals surface area contributed by atoms with Crippen LogP contribution >= 0.6 is 0 Å². The minimum atomic E-state index is -0.116. The molecule has 2 aliphatic rings. The van der Waals surface area contributed by atoms with Gasteiger partial charge in [0.1, 0.15) is 13.2 Å². The fourth-order valence-electron chi connectivity index (χ4n) is 5.70. The molecule has 0 aromatic heterocycles. The van der Waals surface area contributed by atoms with E-state index in [2.05, 4.69) is 29.0 Å². The summed E-state index contributed by atoms with van der Waals surface area (Å²) in [6, 6.07) is 0.525. The molecule has 0 bridgehead atoms. The second-order valence-corrected chi connectivity index (χ2v) is 12.0. The van der Waals surface area contributed by atoms with Gasteiger partial charge in [-0.2, -0.15) is 0 Å². The Morgan fingerprint density at radius 2 is 1.37 bits per heavy atom. The summed E-state index contributed by atoms with van der Waals surface area (Å²) in [7, 11) is 3.55. The van der Waals surface area contributed by atoms with E-state index in [1.807, 2.05) is 11.9 Å². The third-order valence-electron chi connectivity index (χ3n) is 8.50.